The molecule has 0 saturated carbocycles. The smallest absolute Gasteiger partial charge is 0.138 e. The molecule has 0 spiro atoms. The number of hydrogen-bond acceptors (Lipinski definition) is 6. The van der Waals surface area contributed by atoms with Crippen molar-refractivity contribution < 1.29 is 0 Å². The van der Waals surface area contributed by atoms with Crippen LogP contribution in [0.3, 0.4) is 0 Å². The third kappa shape index (κ3) is 2.57. The Bertz CT molecular complexity index is 736. The lowest BCUT2D eigenvalue weighted by Gasteiger charge is -2.21. The van der Waals surface area contributed by atoms with Gasteiger partial charge in [-0.3, -0.25) is 4.90 Å². The molecule has 7 heteroatoms. The molecule has 3 heterocycles. The zero-order chi connectivity index (χ0) is 14.2. The van der Waals surface area contributed by atoms with Crippen LogP contribution in [0.5, 0.6) is 0 Å². The van der Waals surface area contributed by atoms with E-state index in [4.69, 9.17) is 16.6 Å². The highest BCUT2D eigenvalue weighted by atomic mass is 35.5. The van der Waals surface area contributed by atoms with Crippen LogP contribution in [0, 0.1) is 0 Å². The van der Waals surface area contributed by atoms with E-state index in [2.05, 4.69) is 32.7 Å². The molecule has 1 aliphatic heterocycles. The summed E-state index contributed by atoms with van der Waals surface area (Å²) in [7, 11) is 0. The zero-order valence-corrected chi connectivity index (χ0v) is 13.6. The van der Waals surface area contributed by atoms with Gasteiger partial charge in [-0.05, 0) is 31.5 Å². The minimum absolute atomic E-state index is 0.375. The second-order valence-corrected chi connectivity index (χ2v) is 7.56. The van der Waals surface area contributed by atoms with Gasteiger partial charge < -0.3 is 0 Å². The molecule has 21 heavy (non-hydrogen) atoms. The van der Waals surface area contributed by atoms with E-state index in [1.807, 2.05) is 6.07 Å². The summed E-state index contributed by atoms with van der Waals surface area (Å²) in [6, 6.07) is 8.70. The minimum Gasteiger partial charge on any atom is -0.288 e. The molecule has 4 nitrogen and oxygen atoms in total. The number of benzene rings is 1. The van der Waals surface area contributed by atoms with Gasteiger partial charge in [-0.1, -0.05) is 28.2 Å². The average molecular weight is 337 g/mol. The Morgan fingerprint density at radius 1 is 1.33 bits per heavy atom. The van der Waals surface area contributed by atoms with Gasteiger partial charge in [-0.2, -0.15) is 0 Å². The molecule has 108 valence electrons. The van der Waals surface area contributed by atoms with Crippen molar-refractivity contribution in [2.45, 2.75) is 25.4 Å². The van der Waals surface area contributed by atoms with Crippen LogP contribution in [0.1, 0.15) is 29.6 Å². The summed E-state index contributed by atoms with van der Waals surface area (Å²) in [5, 5.41) is 5.33. The molecule has 0 amide bonds. The average Bonchev–Trinajstić information content (AvgIpc) is 3.19. The van der Waals surface area contributed by atoms with Crippen LogP contribution < -0.4 is 0 Å². The van der Waals surface area contributed by atoms with E-state index < -0.39 is 0 Å². The van der Waals surface area contributed by atoms with Crippen LogP contribution >= 0.6 is 34.5 Å². The summed E-state index contributed by atoms with van der Waals surface area (Å²) in [6.07, 6.45) is 2.34. The van der Waals surface area contributed by atoms with E-state index in [0.717, 1.165) is 30.7 Å². The van der Waals surface area contributed by atoms with Gasteiger partial charge in [0, 0.05) is 18.1 Å². The highest BCUT2D eigenvalue weighted by Gasteiger charge is 2.29. The molecule has 1 saturated heterocycles. The van der Waals surface area contributed by atoms with Crippen LogP contribution in [-0.4, -0.2) is 26.0 Å². The molecular formula is C14H13ClN4S2. The number of hydrogen-bond donors (Lipinski definition) is 0. The predicted molar refractivity (Wildman–Crippen MR) is 86.9 cm³/mol. The molecule has 1 fully saturated rings. The van der Waals surface area contributed by atoms with Crippen molar-refractivity contribution in [1.82, 2.24) is 19.5 Å². The fraction of sp³-hybridized carbons (Fsp3) is 0.357. The molecular weight excluding hydrogens is 324 g/mol. The largest absolute Gasteiger partial charge is 0.288 e. The van der Waals surface area contributed by atoms with Crippen LogP contribution in [0.15, 0.2) is 24.3 Å². The van der Waals surface area contributed by atoms with Gasteiger partial charge in [0.05, 0.1) is 16.3 Å². The molecule has 0 unspecified atom stereocenters. The second-order valence-electron chi connectivity index (χ2n) is 5.14. The quantitative estimate of drug-likeness (QED) is 0.721. The normalized spacial score (nSPS) is 19.6. The van der Waals surface area contributed by atoms with Gasteiger partial charge in [-0.15, -0.1) is 16.4 Å². The topological polar surface area (TPSA) is 41.9 Å². The fourth-order valence-corrected chi connectivity index (χ4v) is 4.56. The number of likely N-dealkylation sites (tertiary alicyclic amines) is 1. The molecule has 3 aromatic rings. The Morgan fingerprint density at radius 3 is 3.05 bits per heavy atom. The first kappa shape index (κ1) is 13.6. The number of fused-ring (bicyclic) bond motifs is 1. The molecule has 0 radical (unpaired) electrons. The van der Waals surface area contributed by atoms with Gasteiger partial charge in [0.1, 0.15) is 15.0 Å². The van der Waals surface area contributed by atoms with E-state index in [1.165, 1.54) is 27.7 Å². The lowest BCUT2D eigenvalue weighted by atomic mass is 10.2. The molecule has 2 aromatic heterocycles. The highest BCUT2D eigenvalue weighted by molar-refractivity contribution is 7.18. The van der Waals surface area contributed by atoms with Gasteiger partial charge in [0.2, 0.25) is 0 Å². The maximum absolute atomic E-state index is 6.13. The Kier molecular flexibility index (Phi) is 3.62. The summed E-state index contributed by atoms with van der Waals surface area (Å²) >= 11 is 9.18. The summed E-state index contributed by atoms with van der Waals surface area (Å²) in [4.78, 5) is 7.22. The van der Waals surface area contributed by atoms with Crippen LogP contribution in [0.2, 0.25) is 4.34 Å². The summed E-state index contributed by atoms with van der Waals surface area (Å²) in [5.41, 5.74) is 1.98. The fourth-order valence-electron chi connectivity index (χ4n) is 2.81. The first-order chi connectivity index (χ1) is 10.3. The second kappa shape index (κ2) is 5.61. The first-order valence-electron chi connectivity index (χ1n) is 6.87. The van der Waals surface area contributed by atoms with E-state index in [1.54, 1.807) is 11.3 Å². The minimum atomic E-state index is 0.375. The Balaban J connectivity index is 1.62. The van der Waals surface area contributed by atoms with Gasteiger partial charge in [0.25, 0.3) is 0 Å². The number of halogens is 1. The molecule has 1 atom stereocenters. The summed E-state index contributed by atoms with van der Waals surface area (Å²) in [5.74, 6) is 0. The van der Waals surface area contributed by atoms with Crippen LogP contribution in [0.4, 0.5) is 0 Å². The number of thiazole rings is 1. The number of aromatic nitrogens is 3. The lowest BCUT2D eigenvalue weighted by molar-refractivity contribution is 0.245. The standard InChI is InChI=1S/C14H13ClN4S2/c15-13-10(17-18-21-13)8-19-7-3-5-11(19)14-16-9-4-1-2-6-12(9)20-14/h1-2,4,6,11H,3,5,7-8H2/t11-/m1/s1. The number of para-hydroxylation sites is 1. The summed E-state index contributed by atoms with van der Waals surface area (Å²) in [6.45, 7) is 1.82. The van der Waals surface area contributed by atoms with Crippen molar-refractivity contribution >= 4 is 44.7 Å². The van der Waals surface area contributed by atoms with Crippen molar-refractivity contribution in [3.05, 3.63) is 39.3 Å². The van der Waals surface area contributed by atoms with Crippen LogP contribution in [0.25, 0.3) is 10.2 Å². The van der Waals surface area contributed by atoms with Crippen molar-refractivity contribution in [3.8, 4) is 0 Å². The molecule has 0 N–H and O–H groups in total. The van der Waals surface area contributed by atoms with Crippen molar-refractivity contribution in [1.29, 1.82) is 0 Å². The zero-order valence-electron chi connectivity index (χ0n) is 11.2. The van der Waals surface area contributed by atoms with Gasteiger partial charge >= 0.3 is 0 Å². The van der Waals surface area contributed by atoms with Gasteiger partial charge in [-0.25, -0.2) is 4.98 Å². The Hall–Kier alpha value is -1.08. The van der Waals surface area contributed by atoms with Crippen LogP contribution in [-0.2, 0) is 6.54 Å². The maximum atomic E-state index is 6.13. The molecule has 0 bridgehead atoms. The van der Waals surface area contributed by atoms with E-state index in [9.17, 15) is 0 Å². The Morgan fingerprint density at radius 2 is 2.24 bits per heavy atom. The van der Waals surface area contributed by atoms with E-state index in [0.29, 0.717) is 10.4 Å². The molecule has 0 aliphatic carbocycles. The van der Waals surface area contributed by atoms with Crippen molar-refractivity contribution in [3.63, 3.8) is 0 Å². The van der Waals surface area contributed by atoms with E-state index >= 15 is 0 Å². The first-order valence-corrected chi connectivity index (χ1v) is 8.84. The molecule has 1 aromatic carbocycles. The molecule has 4 rings (SSSR count). The monoisotopic (exact) mass is 336 g/mol. The third-order valence-corrected chi connectivity index (χ3v) is 5.94. The predicted octanol–water partition coefficient (Wildman–Crippen LogP) is 4.14. The van der Waals surface area contributed by atoms with Gasteiger partial charge in [0.15, 0.2) is 0 Å². The van der Waals surface area contributed by atoms with Crippen molar-refractivity contribution in [2.75, 3.05) is 6.54 Å². The maximum Gasteiger partial charge on any atom is 0.138 e. The molecule has 1 aliphatic rings. The Labute approximate surface area is 135 Å². The summed E-state index contributed by atoms with van der Waals surface area (Å²) < 4.78 is 5.87. The number of nitrogens with zero attached hydrogens (tertiary/aromatic N) is 4. The lowest BCUT2D eigenvalue weighted by Crippen LogP contribution is -2.23. The number of rotatable bonds is 3. The highest BCUT2D eigenvalue weighted by Crippen LogP contribution is 2.37. The SMILES string of the molecule is Clc1snnc1CN1CCC[C@@H]1c1nc2ccccc2s1. The third-order valence-electron chi connectivity index (χ3n) is 3.82. The van der Waals surface area contributed by atoms with E-state index in [-0.39, 0.29) is 0 Å². The van der Waals surface area contributed by atoms with Crippen molar-refractivity contribution in [2.24, 2.45) is 0 Å².